The highest BCUT2D eigenvalue weighted by Crippen LogP contribution is 2.04. The van der Waals surface area contributed by atoms with Crippen molar-refractivity contribution >= 4 is 18.0 Å². The number of aliphatic carboxylic acids is 1. The Bertz CT molecular complexity index is 457. The van der Waals surface area contributed by atoms with Crippen molar-refractivity contribution in [3.05, 3.63) is 35.7 Å². The van der Waals surface area contributed by atoms with Crippen LogP contribution in [0.15, 0.2) is 24.5 Å². The van der Waals surface area contributed by atoms with Crippen molar-refractivity contribution in [1.82, 2.24) is 10.3 Å². The van der Waals surface area contributed by atoms with Crippen molar-refractivity contribution in [3.8, 4) is 0 Å². The molecule has 1 aromatic heterocycles. The Morgan fingerprint density at radius 3 is 2.94 bits per heavy atom. The van der Waals surface area contributed by atoms with Gasteiger partial charge in [-0.15, -0.1) is 0 Å². The van der Waals surface area contributed by atoms with Crippen LogP contribution in [-0.4, -0.2) is 42.2 Å². The van der Waals surface area contributed by atoms with Crippen LogP contribution in [0, 0.1) is 0 Å². The molecule has 0 saturated heterocycles. The fourth-order valence-electron chi connectivity index (χ4n) is 1.21. The zero-order chi connectivity index (χ0) is 13.4. The number of hydrogen-bond acceptors (Lipinski definition) is 4. The van der Waals surface area contributed by atoms with Gasteiger partial charge in [-0.25, -0.2) is 4.79 Å². The van der Waals surface area contributed by atoms with Crippen molar-refractivity contribution in [1.29, 1.82) is 0 Å². The molecule has 6 nitrogen and oxygen atoms in total. The number of carbonyl (C=O) groups excluding carboxylic acids is 1. The molecule has 6 heteroatoms. The van der Waals surface area contributed by atoms with E-state index >= 15 is 0 Å². The smallest absolute Gasteiger partial charge is 0.328 e. The number of hydrogen-bond donors (Lipinski definition) is 2. The number of nitrogens with zero attached hydrogens (tertiary/aromatic N) is 1. The summed E-state index contributed by atoms with van der Waals surface area (Å²) >= 11 is 0. The van der Waals surface area contributed by atoms with Crippen LogP contribution in [0.5, 0.6) is 0 Å². The maximum atomic E-state index is 11.7. The summed E-state index contributed by atoms with van der Waals surface area (Å²) in [5.74, 6) is -1.32. The second kappa shape index (κ2) is 7.18. The summed E-state index contributed by atoms with van der Waals surface area (Å²) in [6.07, 6.45) is 5.26. The highest BCUT2D eigenvalue weighted by Gasteiger charge is 2.05. The lowest BCUT2D eigenvalue weighted by Gasteiger charge is -2.04. The van der Waals surface area contributed by atoms with Gasteiger partial charge in [0.1, 0.15) is 0 Å². The minimum atomic E-state index is -1.05. The van der Waals surface area contributed by atoms with E-state index in [0.717, 1.165) is 6.08 Å². The SMILES string of the molecule is COCCNC(=O)c1cncc(C=CC(=O)O)c1. The third-order valence-electron chi connectivity index (χ3n) is 2.03. The molecule has 0 radical (unpaired) electrons. The van der Waals surface area contributed by atoms with Gasteiger partial charge in [-0.3, -0.25) is 9.78 Å². The number of carbonyl (C=O) groups is 2. The van der Waals surface area contributed by atoms with Crippen LogP contribution in [0.4, 0.5) is 0 Å². The topological polar surface area (TPSA) is 88.5 Å². The van der Waals surface area contributed by atoms with Gasteiger partial charge in [0, 0.05) is 32.1 Å². The van der Waals surface area contributed by atoms with E-state index < -0.39 is 5.97 Å². The first-order valence-corrected chi connectivity index (χ1v) is 5.26. The molecule has 1 amide bonds. The van der Waals surface area contributed by atoms with Gasteiger partial charge in [-0.05, 0) is 17.7 Å². The van der Waals surface area contributed by atoms with Crippen LogP contribution < -0.4 is 5.32 Å². The molecule has 1 heterocycles. The lowest BCUT2D eigenvalue weighted by atomic mass is 10.2. The molecule has 0 fully saturated rings. The van der Waals surface area contributed by atoms with Gasteiger partial charge in [0.15, 0.2) is 0 Å². The normalized spacial score (nSPS) is 10.5. The molecule has 0 saturated carbocycles. The van der Waals surface area contributed by atoms with Crippen LogP contribution in [0.3, 0.4) is 0 Å². The van der Waals surface area contributed by atoms with E-state index in [2.05, 4.69) is 10.3 Å². The maximum absolute atomic E-state index is 11.7. The Kier molecular flexibility index (Phi) is 5.53. The third-order valence-corrected chi connectivity index (χ3v) is 2.03. The number of pyridine rings is 1. The van der Waals surface area contributed by atoms with Crippen molar-refractivity contribution < 1.29 is 19.4 Å². The molecule has 0 spiro atoms. The summed E-state index contributed by atoms with van der Waals surface area (Å²) in [7, 11) is 1.55. The van der Waals surface area contributed by atoms with E-state index in [1.165, 1.54) is 18.5 Å². The van der Waals surface area contributed by atoms with Crippen molar-refractivity contribution in [3.63, 3.8) is 0 Å². The zero-order valence-corrected chi connectivity index (χ0v) is 9.92. The van der Waals surface area contributed by atoms with Gasteiger partial charge >= 0.3 is 5.97 Å². The van der Waals surface area contributed by atoms with Gasteiger partial charge in [0.2, 0.25) is 0 Å². The average Bonchev–Trinajstić information content (AvgIpc) is 2.37. The monoisotopic (exact) mass is 250 g/mol. The van der Waals surface area contributed by atoms with E-state index in [4.69, 9.17) is 9.84 Å². The minimum Gasteiger partial charge on any atom is -0.478 e. The summed E-state index contributed by atoms with van der Waals surface area (Å²) in [6, 6.07) is 1.56. The molecule has 0 aliphatic heterocycles. The molecular formula is C12H14N2O4. The van der Waals surface area contributed by atoms with E-state index in [0.29, 0.717) is 24.3 Å². The average molecular weight is 250 g/mol. The second-order valence-electron chi connectivity index (χ2n) is 3.43. The van der Waals surface area contributed by atoms with Gasteiger partial charge in [-0.1, -0.05) is 0 Å². The molecule has 0 unspecified atom stereocenters. The van der Waals surface area contributed by atoms with Gasteiger partial charge in [0.25, 0.3) is 5.91 Å². The van der Waals surface area contributed by atoms with Gasteiger partial charge in [0.05, 0.1) is 12.2 Å². The summed E-state index contributed by atoms with van der Waals surface area (Å²) in [4.78, 5) is 25.9. The number of amides is 1. The fourth-order valence-corrected chi connectivity index (χ4v) is 1.21. The minimum absolute atomic E-state index is 0.273. The van der Waals surface area contributed by atoms with E-state index in [1.807, 2.05) is 0 Å². The van der Waals surface area contributed by atoms with Crippen molar-refractivity contribution in [2.24, 2.45) is 0 Å². The van der Waals surface area contributed by atoms with Crippen LogP contribution >= 0.6 is 0 Å². The third kappa shape index (κ3) is 4.75. The largest absolute Gasteiger partial charge is 0.478 e. The van der Waals surface area contributed by atoms with Crippen LogP contribution in [0.1, 0.15) is 15.9 Å². The van der Waals surface area contributed by atoms with E-state index in [1.54, 1.807) is 13.2 Å². The molecule has 0 bridgehead atoms. The zero-order valence-electron chi connectivity index (χ0n) is 9.92. The highest BCUT2D eigenvalue weighted by atomic mass is 16.5. The quantitative estimate of drug-likeness (QED) is 0.568. The summed E-state index contributed by atoms with van der Waals surface area (Å²) in [6.45, 7) is 0.836. The Morgan fingerprint density at radius 2 is 2.28 bits per heavy atom. The number of methoxy groups -OCH3 is 1. The van der Waals surface area contributed by atoms with E-state index in [-0.39, 0.29) is 5.91 Å². The number of ether oxygens (including phenoxy) is 1. The molecule has 18 heavy (non-hydrogen) atoms. The summed E-state index contributed by atoms with van der Waals surface area (Å²) in [5, 5.41) is 11.1. The molecule has 2 N–H and O–H groups in total. The predicted molar refractivity (Wildman–Crippen MR) is 65.1 cm³/mol. The van der Waals surface area contributed by atoms with Gasteiger partial charge < -0.3 is 15.2 Å². The van der Waals surface area contributed by atoms with Crippen molar-refractivity contribution in [2.45, 2.75) is 0 Å². The first-order valence-electron chi connectivity index (χ1n) is 5.26. The fraction of sp³-hybridized carbons (Fsp3) is 0.250. The molecule has 1 aromatic rings. The Balaban J connectivity index is 2.69. The van der Waals surface area contributed by atoms with Crippen LogP contribution in [0.25, 0.3) is 6.08 Å². The summed E-state index contributed by atoms with van der Waals surface area (Å²) < 4.78 is 4.81. The number of carboxylic acid groups (broad SMARTS) is 1. The second-order valence-corrected chi connectivity index (χ2v) is 3.43. The van der Waals surface area contributed by atoms with Crippen molar-refractivity contribution in [2.75, 3.05) is 20.3 Å². The lowest BCUT2D eigenvalue weighted by Crippen LogP contribution is -2.27. The first-order chi connectivity index (χ1) is 8.63. The lowest BCUT2D eigenvalue weighted by molar-refractivity contribution is -0.131. The van der Waals surface area contributed by atoms with Crippen LogP contribution in [0.2, 0.25) is 0 Å². The number of aromatic nitrogens is 1. The molecule has 0 atom stereocenters. The number of carboxylic acids is 1. The molecule has 0 aliphatic carbocycles. The van der Waals surface area contributed by atoms with Gasteiger partial charge in [-0.2, -0.15) is 0 Å². The molecule has 0 aromatic carbocycles. The number of rotatable bonds is 6. The molecule has 1 rings (SSSR count). The Morgan fingerprint density at radius 1 is 1.50 bits per heavy atom. The number of nitrogens with one attached hydrogen (secondary N) is 1. The summed E-state index contributed by atoms with van der Waals surface area (Å²) in [5.41, 5.74) is 0.926. The molecule has 96 valence electrons. The first kappa shape index (κ1) is 13.9. The maximum Gasteiger partial charge on any atom is 0.328 e. The standard InChI is InChI=1S/C12H14N2O4/c1-18-5-4-14-12(17)10-6-9(7-13-8-10)2-3-11(15)16/h2-3,6-8H,4-5H2,1H3,(H,14,17)(H,15,16). The Hall–Kier alpha value is -2.21. The highest BCUT2D eigenvalue weighted by molar-refractivity contribution is 5.94. The van der Waals surface area contributed by atoms with Crippen LogP contribution in [-0.2, 0) is 9.53 Å². The molecule has 0 aliphatic rings. The van der Waals surface area contributed by atoms with E-state index in [9.17, 15) is 9.59 Å². The Labute approximate surface area is 104 Å². The predicted octanol–water partition coefficient (Wildman–Crippen LogP) is 0.556. The molecular weight excluding hydrogens is 236 g/mol.